The second kappa shape index (κ2) is 7.31. The third-order valence-electron chi connectivity index (χ3n) is 5.20. The van der Waals surface area contributed by atoms with E-state index in [0.29, 0.717) is 23.8 Å². The highest BCUT2D eigenvalue weighted by molar-refractivity contribution is 7.13. The van der Waals surface area contributed by atoms with Gasteiger partial charge < -0.3 is 9.63 Å². The molecule has 2 fully saturated rings. The molecule has 0 radical (unpaired) electrons. The van der Waals surface area contributed by atoms with Crippen LogP contribution in [-0.2, 0) is 6.54 Å². The lowest BCUT2D eigenvalue weighted by Crippen LogP contribution is -2.43. The van der Waals surface area contributed by atoms with Gasteiger partial charge in [0.25, 0.3) is 0 Å². The van der Waals surface area contributed by atoms with E-state index in [2.05, 4.69) is 19.9 Å². The number of aliphatic hydroxyl groups excluding tert-OH is 1. The molecule has 2 unspecified atom stereocenters. The molecule has 0 saturated carbocycles. The molecule has 0 spiro atoms. The summed E-state index contributed by atoms with van der Waals surface area (Å²) in [5, 5.41) is 15.6. The van der Waals surface area contributed by atoms with Crippen LogP contribution in [0, 0.1) is 0 Å². The smallest absolute Gasteiger partial charge is 0.241 e. The van der Waals surface area contributed by atoms with E-state index in [4.69, 9.17) is 4.52 Å². The van der Waals surface area contributed by atoms with Crippen molar-refractivity contribution in [1.29, 1.82) is 0 Å². The fourth-order valence-corrected chi connectivity index (χ4v) is 4.57. The highest BCUT2D eigenvalue weighted by Gasteiger charge is 2.32. The van der Waals surface area contributed by atoms with Crippen LogP contribution < -0.4 is 0 Å². The summed E-state index contributed by atoms with van der Waals surface area (Å²) in [6.07, 6.45) is 4.75. The van der Waals surface area contributed by atoms with Crippen molar-refractivity contribution in [2.24, 2.45) is 0 Å². The van der Waals surface area contributed by atoms with Crippen molar-refractivity contribution in [2.45, 2.75) is 44.3 Å². The summed E-state index contributed by atoms with van der Waals surface area (Å²) in [6, 6.07) is 4.89. The second-order valence-corrected chi connectivity index (χ2v) is 7.68. The van der Waals surface area contributed by atoms with Crippen LogP contribution in [0.25, 0.3) is 10.7 Å². The molecule has 2 aliphatic rings. The van der Waals surface area contributed by atoms with Gasteiger partial charge in [0, 0.05) is 18.6 Å². The fourth-order valence-electron chi connectivity index (χ4n) is 3.92. The molecule has 0 amide bonds. The Bertz CT molecular complexity index is 645. The molecule has 0 aromatic carbocycles. The molecule has 2 aromatic rings. The maximum Gasteiger partial charge on any atom is 0.241 e. The molecule has 1 N–H and O–H groups in total. The Morgan fingerprint density at radius 3 is 2.83 bits per heavy atom. The van der Waals surface area contributed by atoms with Gasteiger partial charge in [0.15, 0.2) is 0 Å². The molecule has 24 heavy (non-hydrogen) atoms. The lowest BCUT2D eigenvalue weighted by Gasteiger charge is -2.30. The summed E-state index contributed by atoms with van der Waals surface area (Å²) in [4.78, 5) is 10.5. The lowest BCUT2D eigenvalue weighted by atomic mass is 10.2. The Hall–Kier alpha value is -1.28. The first-order valence-electron chi connectivity index (χ1n) is 8.79. The first-order chi connectivity index (χ1) is 11.8. The van der Waals surface area contributed by atoms with E-state index < -0.39 is 0 Å². The zero-order chi connectivity index (χ0) is 16.4. The normalized spacial score (nSPS) is 25.7. The number of thiophene rings is 1. The van der Waals surface area contributed by atoms with Crippen molar-refractivity contribution in [2.75, 3.05) is 26.2 Å². The molecule has 130 valence electrons. The Balaban J connectivity index is 1.38. The number of rotatable bonds is 6. The van der Waals surface area contributed by atoms with Crippen LogP contribution in [0.2, 0.25) is 0 Å². The average Bonchev–Trinajstić information content (AvgIpc) is 3.36. The lowest BCUT2D eigenvalue weighted by molar-refractivity contribution is 0.115. The number of hydrogen-bond acceptors (Lipinski definition) is 7. The van der Waals surface area contributed by atoms with Crippen molar-refractivity contribution >= 4 is 11.3 Å². The number of likely N-dealkylation sites (tertiary alicyclic amines) is 2. The Kier molecular flexibility index (Phi) is 4.93. The summed E-state index contributed by atoms with van der Waals surface area (Å²) >= 11 is 1.63. The monoisotopic (exact) mass is 348 g/mol. The fraction of sp³-hybridized carbons (Fsp3) is 0.647. The standard InChI is InChI=1S/C17H24N4O2S/c22-12-14-5-2-7-20(14)10-13-4-1-8-21(13)11-16-18-17(19-23-16)15-6-3-9-24-15/h3,6,9,13-14,22H,1-2,4-5,7-8,10-12H2. The van der Waals surface area contributed by atoms with Crippen LogP contribution in [0.3, 0.4) is 0 Å². The Labute approximate surface area is 146 Å². The molecule has 2 aliphatic heterocycles. The van der Waals surface area contributed by atoms with E-state index in [1.165, 1.54) is 19.3 Å². The molecule has 4 rings (SSSR count). The third kappa shape index (κ3) is 3.39. The molecule has 0 bridgehead atoms. The van der Waals surface area contributed by atoms with Crippen LogP contribution in [0.15, 0.2) is 22.0 Å². The van der Waals surface area contributed by atoms with Crippen molar-refractivity contribution in [1.82, 2.24) is 19.9 Å². The summed E-state index contributed by atoms with van der Waals surface area (Å²) in [7, 11) is 0. The van der Waals surface area contributed by atoms with Crippen molar-refractivity contribution in [3.8, 4) is 10.7 Å². The highest BCUT2D eigenvalue weighted by Crippen LogP contribution is 2.26. The zero-order valence-corrected chi connectivity index (χ0v) is 14.6. The largest absolute Gasteiger partial charge is 0.395 e. The quantitative estimate of drug-likeness (QED) is 0.863. The predicted octanol–water partition coefficient (Wildman–Crippen LogP) is 2.22. The van der Waals surface area contributed by atoms with Crippen LogP contribution in [-0.4, -0.2) is 63.4 Å². The third-order valence-corrected chi connectivity index (χ3v) is 6.07. The van der Waals surface area contributed by atoms with Crippen molar-refractivity contribution in [3.63, 3.8) is 0 Å². The van der Waals surface area contributed by atoms with E-state index in [1.807, 2.05) is 17.5 Å². The number of nitrogens with zero attached hydrogens (tertiary/aromatic N) is 4. The zero-order valence-electron chi connectivity index (χ0n) is 13.8. The number of hydrogen-bond donors (Lipinski definition) is 1. The highest BCUT2D eigenvalue weighted by atomic mass is 32.1. The van der Waals surface area contributed by atoms with Crippen molar-refractivity contribution < 1.29 is 9.63 Å². The SMILES string of the molecule is OCC1CCCN1CC1CCCN1Cc1nc(-c2cccs2)no1. The molecule has 2 saturated heterocycles. The molecule has 7 heteroatoms. The Morgan fingerprint density at radius 2 is 2.04 bits per heavy atom. The van der Waals surface area contributed by atoms with Gasteiger partial charge in [-0.05, 0) is 50.2 Å². The van der Waals surface area contributed by atoms with Gasteiger partial charge in [-0.2, -0.15) is 4.98 Å². The van der Waals surface area contributed by atoms with E-state index in [-0.39, 0.29) is 6.61 Å². The van der Waals surface area contributed by atoms with Gasteiger partial charge in [0.2, 0.25) is 11.7 Å². The molecule has 6 nitrogen and oxygen atoms in total. The summed E-state index contributed by atoms with van der Waals surface area (Å²) in [6.45, 7) is 4.23. The first kappa shape index (κ1) is 16.2. The molecule has 2 aromatic heterocycles. The number of aromatic nitrogens is 2. The molecular formula is C17H24N4O2S. The van der Waals surface area contributed by atoms with Gasteiger partial charge in [-0.15, -0.1) is 11.3 Å². The maximum absolute atomic E-state index is 9.52. The van der Waals surface area contributed by atoms with Crippen LogP contribution in [0.4, 0.5) is 0 Å². The predicted molar refractivity (Wildman–Crippen MR) is 92.7 cm³/mol. The minimum absolute atomic E-state index is 0.278. The van der Waals surface area contributed by atoms with Gasteiger partial charge in [-0.3, -0.25) is 9.80 Å². The van der Waals surface area contributed by atoms with Gasteiger partial charge in [-0.1, -0.05) is 11.2 Å². The van der Waals surface area contributed by atoms with Crippen LogP contribution in [0.1, 0.15) is 31.6 Å². The van der Waals surface area contributed by atoms with E-state index in [1.54, 1.807) is 11.3 Å². The molecular weight excluding hydrogens is 324 g/mol. The average molecular weight is 348 g/mol. The van der Waals surface area contributed by atoms with Gasteiger partial charge in [0.05, 0.1) is 18.0 Å². The van der Waals surface area contributed by atoms with E-state index >= 15 is 0 Å². The minimum Gasteiger partial charge on any atom is -0.395 e. The van der Waals surface area contributed by atoms with Crippen molar-refractivity contribution in [3.05, 3.63) is 23.4 Å². The maximum atomic E-state index is 9.52. The van der Waals surface area contributed by atoms with Gasteiger partial charge in [0.1, 0.15) is 0 Å². The summed E-state index contributed by atoms with van der Waals surface area (Å²) in [5.41, 5.74) is 0. The minimum atomic E-state index is 0.278. The van der Waals surface area contributed by atoms with Crippen LogP contribution >= 0.6 is 11.3 Å². The van der Waals surface area contributed by atoms with E-state index in [9.17, 15) is 5.11 Å². The molecule has 0 aliphatic carbocycles. The number of aliphatic hydroxyl groups is 1. The van der Waals surface area contributed by atoms with Crippen LogP contribution in [0.5, 0.6) is 0 Å². The first-order valence-corrected chi connectivity index (χ1v) is 9.67. The molecule has 4 heterocycles. The topological polar surface area (TPSA) is 65.6 Å². The Morgan fingerprint density at radius 1 is 1.21 bits per heavy atom. The molecule has 2 atom stereocenters. The summed E-state index contributed by atoms with van der Waals surface area (Å²) < 4.78 is 5.46. The summed E-state index contributed by atoms with van der Waals surface area (Å²) in [5.74, 6) is 1.39. The second-order valence-electron chi connectivity index (χ2n) is 6.73. The van der Waals surface area contributed by atoms with Gasteiger partial charge >= 0.3 is 0 Å². The van der Waals surface area contributed by atoms with Gasteiger partial charge in [-0.25, -0.2) is 0 Å². The van der Waals surface area contributed by atoms with E-state index in [0.717, 1.165) is 37.5 Å².